The number of imide groups is 1. The van der Waals surface area contributed by atoms with Crippen molar-refractivity contribution in [3.63, 3.8) is 0 Å². The molecular weight excluding hydrogens is 476 g/mol. The lowest BCUT2D eigenvalue weighted by Gasteiger charge is -2.37. The van der Waals surface area contributed by atoms with Gasteiger partial charge in [-0.2, -0.15) is 0 Å². The van der Waals surface area contributed by atoms with E-state index in [1.54, 1.807) is 24.3 Å². The van der Waals surface area contributed by atoms with E-state index in [0.717, 1.165) is 0 Å². The second kappa shape index (κ2) is 7.81. The molecule has 0 radical (unpaired) electrons. The molecule has 3 aliphatic heterocycles. The third kappa shape index (κ3) is 3.40. The number of rotatable bonds is 6. The molecule has 2 bridgehead atoms. The Morgan fingerprint density at radius 3 is 2.33 bits per heavy atom. The van der Waals surface area contributed by atoms with Crippen LogP contribution in [0.3, 0.4) is 0 Å². The third-order valence-corrected chi connectivity index (χ3v) is 13.2. The molecule has 3 aliphatic rings. The molecule has 0 aliphatic carbocycles. The molecule has 0 saturated carbocycles. The monoisotopic (exact) mass is 508 g/mol. The van der Waals surface area contributed by atoms with Crippen LogP contribution in [0.2, 0.25) is 18.1 Å². The van der Waals surface area contributed by atoms with E-state index < -0.39 is 36.3 Å². The minimum absolute atomic E-state index is 0.0523. The molecule has 36 heavy (non-hydrogen) atoms. The van der Waals surface area contributed by atoms with E-state index in [4.69, 9.17) is 9.16 Å². The first-order valence-electron chi connectivity index (χ1n) is 12.3. The summed E-state index contributed by atoms with van der Waals surface area (Å²) in [6.45, 7) is 13.2. The van der Waals surface area contributed by atoms with Crippen molar-refractivity contribution in [1.82, 2.24) is 0 Å². The maximum absolute atomic E-state index is 13.9. The second-order valence-corrected chi connectivity index (χ2v) is 16.6. The number of anilines is 1. The number of ether oxygens (including phenoxy) is 1. The number of fused-ring (bicyclic) bond motifs is 6. The number of amides is 2. The molecule has 9 heteroatoms. The van der Waals surface area contributed by atoms with E-state index in [9.17, 15) is 19.7 Å². The van der Waals surface area contributed by atoms with Gasteiger partial charge >= 0.3 is 0 Å². The van der Waals surface area contributed by atoms with Gasteiger partial charge < -0.3 is 9.16 Å². The number of carbonyl (C=O) groups is 2. The standard InChI is InChI=1S/C27H32N2O6Si/c1-25(2,3)36(5,6)34-16-15-27-14-13-26(4,35-27)21-22(27)24(31)28(23(21)30)19-11-12-20(29(32)33)18-10-8-7-9-17(18)19/h7-14,21-22H,15-16H2,1-6H3/t21-,22+,26?,27?/m1/s1. The van der Waals surface area contributed by atoms with Gasteiger partial charge in [0.2, 0.25) is 11.8 Å². The fourth-order valence-electron chi connectivity index (χ4n) is 5.69. The predicted molar refractivity (Wildman–Crippen MR) is 139 cm³/mol. The Kier molecular flexibility index (Phi) is 5.38. The molecule has 190 valence electrons. The molecule has 4 atom stereocenters. The van der Waals surface area contributed by atoms with E-state index in [-0.39, 0.29) is 22.5 Å². The summed E-state index contributed by atoms with van der Waals surface area (Å²) in [6.07, 6.45) is 4.32. The van der Waals surface area contributed by atoms with Gasteiger partial charge in [-0.05, 0) is 37.2 Å². The maximum Gasteiger partial charge on any atom is 0.277 e. The van der Waals surface area contributed by atoms with Crippen LogP contribution in [0, 0.1) is 22.0 Å². The van der Waals surface area contributed by atoms with E-state index in [0.29, 0.717) is 29.5 Å². The minimum Gasteiger partial charge on any atom is -0.417 e. The predicted octanol–water partition coefficient (Wildman–Crippen LogP) is 5.36. The summed E-state index contributed by atoms with van der Waals surface area (Å²) in [5, 5.41) is 12.5. The Hall–Kier alpha value is -2.88. The number of nitro benzene ring substituents is 1. The smallest absolute Gasteiger partial charge is 0.277 e. The largest absolute Gasteiger partial charge is 0.417 e. The summed E-state index contributed by atoms with van der Waals surface area (Å²) in [5.74, 6) is -1.98. The number of hydrogen-bond acceptors (Lipinski definition) is 6. The molecule has 2 aromatic rings. The Bertz CT molecular complexity index is 1330. The van der Waals surface area contributed by atoms with Crippen molar-refractivity contribution < 1.29 is 23.7 Å². The van der Waals surface area contributed by atoms with Crippen LogP contribution in [-0.2, 0) is 18.8 Å². The summed E-state index contributed by atoms with van der Waals surface area (Å²) in [6, 6.07) is 9.66. The van der Waals surface area contributed by atoms with Crippen LogP contribution in [-0.4, -0.2) is 42.9 Å². The van der Waals surface area contributed by atoms with Crippen LogP contribution in [0.15, 0.2) is 48.6 Å². The summed E-state index contributed by atoms with van der Waals surface area (Å²) in [7, 11) is -2.00. The Morgan fingerprint density at radius 1 is 1.06 bits per heavy atom. The molecule has 2 aromatic carbocycles. The highest BCUT2D eigenvalue weighted by Crippen LogP contribution is 2.59. The molecule has 0 aromatic heterocycles. The Balaban J connectivity index is 1.50. The van der Waals surface area contributed by atoms with Crippen molar-refractivity contribution in [2.45, 2.75) is 63.5 Å². The lowest BCUT2D eigenvalue weighted by atomic mass is 9.71. The van der Waals surface area contributed by atoms with Crippen molar-refractivity contribution in [2.24, 2.45) is 11.8 Å². The number of nitrogens with zero attached hydrogens (tertiary/aromatic N) is 2. The number of hydrogen-bond donors (Lipinski definition) is 0. The fraction of sp³-hybridized carbons (Fsp3) is 0.481. The van der Waals surface area contributed by atoms with Gasteiger partial charge in [-0.3, -0.25) is 19.7 Å². The molecule has 0 spiro atoms. The highest BCUT2D eigenvalue weighted by Gasteiger charge is 2.72. The normalized spacial score (nSPS) is 29.4. The van der Waals surface area contributed by atoms with Crippen LogP contribution < -0.4 is 4.90 Å². The van der Waals surface area contributed by atoms with Crippen molar-refractivity contribution in [2.75, 3.05) is 11.5 Å². The maximum atomic E-state index is 13.9. The van der Waals surface area contributed by atoms with Crippen molar-refractivity contribution in [3.05, 3.63) is 58.7 Å². The van der Waals surface area contributed by atoms with Gasteiger partial charge in [0.1, 0.15) is 5.60 Å². The number of non-ortho nitro benzene ring substituents is 1. The zero-order valence-electron chi connectivity index (χ0n) is 21.5. The zero-order valence-corrected chi connectivity index (χ0v) is 22.5. The summed E-state index contributed by atoms with van der Waals surface area (Å²) < 4.78 is 12.8. The number of carbonyl (C=O) groups excluding carboxylic acids is 2. The topological polar surface area (TPSA) is 99.0 Å². The van der Waals surface area contributed by atoms with Gasteiger partial charge in [0.25, 0.3) is 5.69 Å². The third-order valence-electron chi connectivity index (χ3n) is 8.63. The highest BCUT2D eigenvalue weighted by atomic mass is 28.4. The lowest BCUT2D eigenvalue weighted by Crippen LogP contribution is -2.44. The Morgan fingerprint density at radius 2 is 1.69 bits per heavy atom. The first-order valence-corrected chi connectivity index (χ1v) is 15.2. The van der Waals surface area contributed by atoms with E-state index in [2.05, 4.69) is 33.9 Å². The van der Waals surface area contributed by atoms with Crippen LogP contribution in [0.5, 0.6) is 0 Å². The van der Waals surface area contributed by atoms with Crippen LogP contribution >= 0.6 is 0 Å². The minimum atomic E-state index is -2.00. The number of benzene rings is 2. The second-order valence-electron chi connectivity index (χ2n) is 11.8. The van der Waals surface area contributed by atoms with Gasteiger partial charge in [-0.1, -0.05) is 51.1 Å². The average molecular weight is 509 g/mol. The van der Waals surface area contributed by atoms with Crippen molar-refractivity contribution >= 4 is 42.3 Å². The molecule has 8 nitrogen and oxygen atoms in total. The lowest BCUT2D eigenvalue weighted by molar-refractivity contribution is -0.383. The molecular formula is C27H32N2O6Si. The molecule has 2 fully saturated rings. The van der Waals surface area contributed by atoms with Gasteiger partial charge in [-0.25, -0.2) is 4.90 Å². The van der Waals surface area contributed by atoms with E-state index >= 15 is 0 Å². The zero-order chi connectivity index (χ0) is 26.3. The van der Waals surface area contributed by atoms with Gasteiger partial charge in [-0.15, -0.1) is 0 Å². The van der Waals surface area contributed by atoms with Crippen molar-refractivity contribution in [3.8, 4) is 0 Å². The fourth-order valence-corrected chi connectivity index (χ4v) is 6.73. The summed E-state index contributed by atoms with van der Waals surface area (Å²) in [5.41, 5.74) is -1.50. The van der Waals surface area contributed by atoms with Crippen molar-refractivity contribution in [1.29, 1.82) is 0 Å². The molecule has 2 saturated heterocycles. The molecule has 2 unspecified atom stereocenters. The molecule has 5 rings (SSSR count). The SMILES string of the molecule is CC12C=CC(CCO[Si](C)(C)C(C)(C)C)(O1)[C@@H]1C(=O)N(c3ccc([N+](=O)[O-])c4ccccc34)C(=O)[C@@H]12. The first-order chi connectivity index (χ1) is 16.7. The van der Waals surface area contributed by atoms with Crippen LogP contribution in [0.1, 0.15) is 34.1 Å². The molecule has 3 heterocycles. The quantitative estimate of drug-likeness (QED) is 0.171. The first kappa shape index (κ1) is 24.8. The molecule has 0 N–H and O–H groups in total. The molecule has 2 amide bonds. The Labute approximate surface area is 211 Å². The van der Waals surface area contributed by atoms with Crippen LogP contribution in [0.25, 0.3) is 10.8 Å². The van der Waals surface area contributed by atoms with Gasteiger partial charge in [0.05, 0.1) is 33.4 Å². The summed E-state index contributed by atoms with van der Waals surface area (Å²) in [4.78, 5) is 40.1. The van der Waals surface area contributed by atoms with E-state index in [1.165, 1.54) is 17.0 Å². The van der Waals surface area contributed by atoms with Gasteiger partial charge in [0.15, 0.2) is 8.32 Å². The average Bonchev–Trinajstić information content (AvgIpc) is 3.36. The highest BCUT2D eigenvalue weighted by molar-refractivity contribution is 6.74. The van der Waals surface area contributed by atoms with E-state index in [1.807, 2.05) is 19.1 Å². The van der Waals surface area contributed by atoms with Gasteiger partial charge in [0, 0.05) is 24.5 Å². The number of nitro groups is 1. The van der Waals surface area contributed by atoms with Crippen LogP contribution in [0.4, 0.5) is 11.4 Å². The summed E-state index contributed by atoms with van der Waals surface area (Å²) >= 11 is 0.